The van der Waals surface area contributed by atoms with E-state index in [1.165, 1.54) is 19.1 Å². The molecule has 1 aliphatic heterocycles. The van der Waals surface area contributed by atoms with Gasteiger partial charge in [0, 0.05) is 6.54 Å². The van der Waals surface area contributed by atoms with Gasteiger partial charge in [-0.2, -0.15) is 0 Å². The van der Waals surface area contributed by atoms with E-state index >= 15 is 0 Å². The van der Waals surface area contributed by atoms with Crippen molar-refractivity contribution in [2.45, 2.75) is 27.2 Å². The molecule has 1 aromatic carbocycles. The first-order chi connectivity index (χ1) is 16.4. The average molecular weight is 479 g/mol. The molecule has 0 spiro atoms. The minimum atomic E-state index is -0.739. The molecular weight excluding hydrogens is 444 g/mol. The number of carbonyl (C=O) groups is 3. The molecule has 0 N–H and O–H groups in total. The van der Waals surface area contributed by atoms with Crippen LogP contribution in [-0.2, 0) is 28.5 Å². The Labute approximate surface area is 200 Å². The van der Waals surface area contributed by atoms with Crippen LogP contribution in [-0.4, -0.2) is 83.2 Å². The second-order valence-corrected chi connectivity index (χ2v) is 7.41. The van der Waals surface area contributed by atoms with Gasteiger partial charge in [0.25, 0.3) is 0 Å². The Morgan fingerprint density at radius 2 is 1.71 bits per heavy atom. The number of hydrogen-bond donors (Lipinski definition) is 0. The molecule has 0 unspecified atom stereocenters. The summed E-state index contributed by atoms with van der Waals surface area (Å²) in [5, 5.41) is 0. The Bertz CT molecular complexity index is 895. The summed E-state index contributed by atoms with van der Waals surface area (Å²) in [4.78, 5) is 41.3. The standard InChI is InChI=1S/C24H34N2O8/c1-6-12-33-20-10-9-17(22(27)34-13-11-25(7-2)8-3)14-19(20)26-16-32-15-18(23(28)30-4)21(26)24(29)31-5/h9-10,14H,6-8,11-13,15-16H2,1-5H3. The van der Waals surface area contributed by atoms with E-state index in [0.29, 0.717) is 24.6 Å². The summed E-state index contributed by atoms with van der Waals surface area (Å²) in [6.07, 6.45) is 0.748. The predicted molar refractivity (Wildman–Crippen MR) is 125 cm³/mol. The van der Waals surface area contributed by atoms with Crippen molar-refractivity contribution in [3.05, 3.63) is 35.0 Å². The summed E-state index contributed by atoms with van der Waals surface area (Å²) in [5.74, 6) is -1.55. The van der Waals surface area contributed by atoms with E-state index in [4.69, 9.17) is 23.7 Å². The van der Waals surface area contributed by atoms with Gasteiger partial charge in [0.1, 0.15) is 24.8 Å². The van der Waals surface area contributed by atoms with Crippen molar-refractivity contribution in [2.24, 2.45) is 0 Å². The number of benzene rings is 1. The smallest absolute Gasteiger partial charge is 0.355 e. The summed E-state index contributed by atoms with van der Waals surface area (Å²) in [7, 11) is 2.43. The largest absolute Gasteiger partial charge is 0.491 e. The van der Waals surface area contributed by atoms with E-state index in [2.05, 4.69) is 4.90 Å². The van der Waals surface area contributed by atoms with Crippen molar-refractivity contribution in [1.82, 2.24) is 4.90 Å². The Hall–Kier alpha value is -3.11. The van der Waals surface area contributed by atoms with Gasteiger partial charge in [0.2, 0.25) is 0 Å². The van der Waals surface area contributed by atoms with E-state index in [0.717, 1.165) is 19.5 Å². The number of anilines is 1. The minimum absolute atomic E-state index is 0.00856. The van der Waals surface area contributed by atoms with Gasteiger partial charge >= 0.3 is 17.9 Å². The van der Waals surface area contributed by atoms with Crippen LogP contribution in [0.3, 0.4) is 0 Å². The highest BCUT2D eigenvalue weighted by molar-refractivity contribution is 6.04. The third-order valence-corrected chi connectivity index (χ3v) is 5.32. The van der Waals surface area contributed by atoms with E-state index in [1.54, 1.807) is 18.2 Å². The van der Waals surface area contributed by atoms with Crippen molar-refractivity contribution in [3.8, 4) is 5.75 Å². The van der Waals surface area contributed by atoms with Crippen LogP contribution in [0.25, 0.3) is 0 Å². The van der Waals surface area contributed by atoms with Gasteiger partial charge in [0.05, 0.1) is 44.3 Å². The molecule has 0 aliphatic carbocycles. The molecule has 10 nitrogen and oxygen atoms in total. The number of carbonyl (C=O) groups excluding carboxylic acids is 3. The molecule has 1 heterocycles. The van der Waals surface area contributed by atoms with Crippen molar-refractivity contribution in [1.29, 1.82) is 0 Å². The monoisotopic (exact) mass is 478 g/mol. The van der Waals surface area contributed by atoms with E-state index < -0.39 is 17.9 Å². The molecule has 34 heavy (non-hydrogen) atoms. The lowest BCUT2D eigenvalue weighted by Crippen LogP contribution is -2.39. The van der Waals surface area contributed by atoms with Gasteiger partial charge in [0.15, 0.2) is 0 Å². The molecule has 2 rings (SSSR count). The summed E-state index contributed by atoms with van der Waals surface area (Å²) in [6, 6.07) is 4.78. The minimum Gasteiger partial charge on any atom is -0.491 e. The highest BCUT2D eigenvalue weighted by atomic mass is 16.5. The van der Waals surface area contributed by atoms with Crippen LogP contribution >= 0.6 is 0 Å². The molecule has 0 atom stereocenters. The van der Waals surface area contributed by atoms with Crippen LogP contribution in [0.5, 0.6) is 5.75 Å². The van der Waals surface area contributed by atoms with Crippen LogP contribution in [0.1, 0.15) is 37.6 Å². The topological polar surface area (TPSA) is 104 Å². The number of nitrogens with zero attached hydrogens (tertiary/aromatic N) is 2. The molecule has 0 fully saturated rings. The van der Waals surface area contributed by atoms with E-state index in [1.807, 2.05) is 20.8 Å². The molecule has 0 saturated heterocycles. The predicted octanol–water partition coefficient (Wildman–Crippen LogP) is 2.37. The fourth-order valence-corrected chi connectivity index (χ4v) is 3.41. The highest BCUT2D eigenvalue weighted by Gasteiger charge is 2.34. The maximum absolute atomic E-state index is 12.7. The van der Waals surface area contributed by atoms with Gasteiger partial charge in [-0.1, -0.05) is 20.8 Å². The summed E-state index contributed by atoms with van der Waals surface area (Å²) < 4.78 is 26.6. The average Bonchev–Trinajstić information content (AvgIpc) is 2.88. The van der Waals surface area contributed by atoms with Crippen LogP contribution in [0.4, 0.5) is 5.69 Å². The summed E-state index contributed by atoms with van der Waals surface area (Å²) in [5.41, 5.74) is 0.615. The lowest BCUT2D eigenvalue weighted by Gasteiger charge is -2.32. The third kappa shape index (κ3) is 6.71. The van der Waals surface area contributed by atoms with Crippen LogP contribution in [0.2, 0.25) is 0 Å². The molecule has 1 aliphatic rings. The van der Waals surface area contributed by atoms with Crippen molar-refractivity contribution in [3.63, 3.8) is 0 Å². The Kier molecular flexibility index (Phi) is 10.8. The molecule has 0 saturated carbocycles. The van der Waals surface area contributed by atoms with E-state index in [-0.39, 0.29) is 36.8 Å². The summed E-state index contributed by atoms with van der Waals surface area (Å²) in [6.45, 7) is 8.88. The van der Waals surface area contributed by atoms with Gasteiger partial charge in [-0.15, -0.1) is 0 Å². The third-order valence-electron chi connectivity index (χ3n) is 5.32. The molecule has 0 radical (unpaired) electrons. The zero-order chi connectivity index (χ0) is 25.1. The Balaban J connectivity index is 2.44. The molecule has 0 aromatic heterocycles. The number of ether oxygens (including phenoxy) is 5. The fourth-order valence-electron chi connectivity index (χ4n) is 3.41. The first-order valence-corrected chi connectivity index (χ1v) is 11.3. The van der Waals surface area contributed by atoms with Crippen LogP contribution in [0.15, 0.2) is 29.5 Å². The van der Waals surface area contributed by atoms with Crippen LogP contribution in [0, 0.1) is 0 Å². The van der Waals surface area contributed by atoms with Gasteiger partial charge in [-0.25, -0.2) is 14.4 Å². The second kappa shape index (κ2) is 13.6. The molecule has 0 amide bonds. The number of esters is 3. The number of rotatable bonds is 12. The Morgan fingerprint density at radius 1 is 1.00 bits per heavy atom. The summed E-state index contributed by atoms with van der Waals surface area (Å²) >= 11 is 0. The zero-order valence-electron chi connectivity index (χ0n) is 20.5. The maximum atomic E-state index is 12.7. The SMILES string of the molecule is CCCOc1ccc(C(=O)OCCN(CC)CC)cc1N1COCC(C(=O)OC)=C1C(=O)OC. The molecule has 1 aromatic rings. The second-order valence-electron chi connectivity index (χ2n) is 7.41. The lowest BCUT2D eigenvalue weighted by atomic mass is 10.1. The van der Waals surface area contributed by atoms with Gasteiger partial charge < -0.3 is 33.5 Å². The molecule has 10 heteroatoms. The normalized spacial score (nSPS) is 13.6. The molecule has 0 bridgehead atoms. The first-order valence-electron chi connectivity index (χ1n) is 11.3. The van der Waals surface area contributed by atoms with Crippen molar-refractivity contribution in [2.75, 3.05) is 65.3 Å². The van der Waals surface area contributed by atoms with Gasteiger partial charge in [-0.05, 0) is 37.7 Å². The van der Waals surface area contributed by atoms with Crippen molar-refractivity contribution < 1.29 is 38.1 Å². The first kappa shape index (κ1) is 27.1. The highest BCUT2D eigenvalue weighted by Crippen LogP contribution is 2.35. The van der Waals surface area contributed by atoms with Crippen LogP contribution < -0.4 is 9.64 Å². The number of likely N-dealkylation sites (N-methyl/N-ethyl adjacent to an activating group) is 1. The molecular formula is C24H34N2O8. The van der Waals surface area contributed by atoms with Crippen molar-refractivity contribution >= 4 is 23.6 Å². The number of methoxy groups -OCH3 is 2. The van der Waals surface area contributed by atoms with Gasteiger partial charge in [-0.3, -0.25) is 0 Å². The fraction of sp³-hybridized carbons (Fsp3) is 0.542. The molecule has 188 valence electrons. The quantitative estimate of drug-likeness (QED) is 0.328. The zero-order valence-corrected chi connectivity index (χ0v) is 20.5. The lowest BCUT2D eigenvalue weighted by molar-refractivity contribution is -0.140. The number of hydrogen-bond acceptors (Lipinski definition) is 10. The van der Waals surface area contributed by atoms with E-state index in [9.17, 15) is 14.4 Å². The maximum Gasteiger partial charge on any atom is 0.355 e. The Morgan fingerprint density at radius 3 is 2.32 bits per heavy atom.